The van der Waals surface area contributed by atoms with Gasteiger partial charge in [-0.3, -0.25) is 23.4 Å². The van der Waals surface area contributed by atoms with Gasteiger partial charge in [0.25, 0.3) is 0 Å². The topological polar surface area (TPSA) is 125 Å². The Labute approximate surface area is 360 Å². The van der Waals surface area contributed by atoms with E-state index in [1.807, 2.05) is 33.3 Å². The molecule has 1 unspecified atom stereocenters. The van der Waals surface area contributed by atoms with Gasteiger partial charge in [0.05, 0.1) is 27.7 Å². The van der Waals surface area contributed by atoms with Crippen molar-refractivity contribution < 1.29 is 46.8 Å². The number of hydrogen-bond donors (Lipinski definition) is 1. The Balaban J connectivity index is 4.50. The number of quaternary nitrogens is 1. The molecule has 342 valence electrons. The molecule has 0 aromatic carbocycles. The van der Waals surface area contributed by atoms with Crippen LogP contribution in [-0.2, 0) is 37.5 Å². The van der Waals surface area contributed by atoms with Crippen LogP contribution in [0.15, 0.2) is 48.6 Å². The Morgan fingerprint density at radius 3 is 1.66 bits per heavy atom. The largest absolute Gasteiger partial charge is 0.472 e. The molecule has 59 heavy (non-hydrogen) atoms. The van der Waals surface area contributed by atoms with Crippen LogP contribution in [0.3, 0.4) is 0 Å². The SMILES string of the molecule is CCCCC/C=C\C/C=C\C/C=C\C=C\C(=O)CCCC(=O)OC[C@H](COP(=O)(O)OCC[N+](C)(C)C)OC(=O)CCCCCCCCCCCCCCCCCCC. The molecule has 0 aliphatic heterocycles. The average molecular weight is 853 g/mol. The van der Waals surface area contributed by atoms with Crippen molar-refractivity contribution in [2.24, 2.45) is 0 Å². The Bertz CT molecular complexity index is 1210. The molecule has 11 heteroatoms. The molecule has 0 fully saturated rings. The van der Waals surface area contributed by atoms with Gasteiger partial charge in [-0.05, 0) is 44.6 Å². The zero-order valence-corrected chi connectivity index (χ0v) is 39.1. The number of carbonyl (C=O) groups excluding carboxylic acids is 3. The molecule has 0 aliphatic rings. The van der Waals surface area contributed by atoms with E-state index >= 15 is 0 Å². The number of carbonyl (C=O) groups is 3. The summed E-state index contributed by atoms with van der Waals surface area (Å²) in [6.45, 7) is 4.13. The van der Waals surface area contributed by atoms with Crippen molar-refractivity contribution in [3.63, 3.8) is 0 Å². The highest BCUT2D eigenvalue weighted by atomic mass is 31.2. The minimum absolute atomic E-state index is 0.000694. The normalized spacial score (nSPS) is 13.9. The van der Waals surface area contributed by atoms with Gasteiger partial charge in [-0.2, -0.15) is 0 Å². The first-order valence-electron chi connectivity index (χ1n) is 23.3. The maximum atomic E-state index is 12.7. The number of hydrogen-bond acceptors (Lipinski definition) is 8. The fourth-order valence-electron chi connectivity index (χ4n) is 6.14. The van der Waals surface area contributed by atoms with Crippen LogP contribution in [-0.4, -0.2) is 80.7 Å². The van der Waals surface area contributed by atoms with Crippen molar-refractivity contribution in [3.05, 3.63) is 48.6 Å². The molecule has 0 saturated carbocycles. The lowest BCUT2D eigenvalue weighted by molar-refractivity contribution is -0.870. The van der Waals surface area contributed by atoms with E-state index in [4.69, 9.17) is 18.5 Å². The molecule has 0 aromatic rings. The van der Waals surface area contributed by atoms with Gasteiger partial charge in [-0.25, -0.2) is 4.57 Å². The maximum absolute atomic E-state index is 12.7. The fourth-order valence-corrected chi connectivity index (χ4v) is 6.89. The summed E-state index contributed by atoms with van der Waals surface area (Å²) in [5.41, 5.74) is 0. The minimum Gasteiger partial charge on any atom is -0.462 e. The van der Waals surface area contributed by atoms with E-state index in [0.29, 0.717) is 23.9 Å². The van der Waals surface area contributed by atoms with E-state index in [2.05, 4.69) is 38.2 Å². The summed E-state index contributed by atoms with van der Waals surface area (Å²) in [6.07, 6.45) is 43.0. The molecule has 0 aromatic heterocycles. The van der Waals surface area contributed by atoms with Crippen LogP contribution in [0.5, 0.6) is 0 Å². The van der Waals surface area contributed by atoms with E-state index < -0.39 is 32.5 Å². The highest BCUT2D eigenvalue weighted by Crippen LogP contribution is 2.43. The highest BCUT2D eigenvalue weighted by molar-refractivity contribution is 7.47. The molecular formula is C48H87NO9P+. The van der Waals surface area contributed by atoms with Gasteiger partial charge in [0, 0.05) is 19.3 Å². The van der Waals surface area contributed by atoms with Crippen molar-refractivity contribution >= 4 is 25.5 Å². The number of unbranched alkanes of at least 4 members (excludes halogenated alkanes) is 19. The number of rotatable bonds is 42. The van der Waals surface area contributed by atoms with Crippen molar-refractivity contribution in [3.8, 4) is 0 Å². The molecule has 0 aliphatic carbocycles. The number of nitrogens with zero attached hydrogens (tertiary/aromatic N) is 1. The first kappa shape index (κ1) is 56.6. The van der Waals surface area contributed by atoms with Crippen molar-refractivity contribution in [1.82, 2.24) is 0 Å². The summed E-state index contributed by atoms with van der Waals surface area (Å²) in [5, 5.41) is 0. The van der Waals surface area contributed by atoms with Crippen LogP contribution >= 0.6 is 7.82 Å². The van der Waals surface area contributed by atoms with E-state index in [9.17, 15) is 23.8 Å². The number of likely N-dealkylation sites (N-methyl/N-ethyl adjacent to an activating group) is 1. The second kappa shape index (κ2) is 39.8. The van der Waals surface area contributed by atoms with E-state index in [-0.39, 0.29) is 38.3 Å². The van der Waals surface area contributed by atoms with Gasteiger partial charge in [0.2, 0.25) is 0 Å². The molecule has 0 saturated heterocycles. The van der Waals surface area contributed by atoms with E-state index in [1.54, 1.807) is 6.08 Å². The Hall–Kier alpha value is -2.36. The van der Waals surface area contributed by atoms with Crippen LogP contribution < -0.4 is 0 Å². The first-order chi connectivity index (χ1) is 28.4. The van der Waals surface area contributed by atoms with Gasteiger partial charge in [0.15, 0.2) is 11.9 Å². The fraction of sp³-hybridized carbons (Fsp3) is 0.771. The highest BCUT2D eigenvalue weighted by Gasteiger charge is 2.27. The minimum atomic E-state index is -4.43. The van der Waals surface area contributed by atoms with Crippen molar-refractivity contribution in [2.45, 2.75) is 193 Å². The molecule has 0 bridgehead atoms. The van der Waals surface area contributed by atoms with Gasteiger partial charge in [-0.1, -0.05) is 172 Å². The maximum Gasteiger partial charge on any atom is 0.472 e. The number of phosphoric ester groups is 1. The molecule has 0 amide bonds. The van der Waals surface area contributed by atoms with Gasteiger partial charge in [0.1, 0.15) is 19.8 Å². The van der Waals surface area contributed by atoms with E-state index in [1.165, 1.54) is 109 Å². The molecule has 0 radical (unpaired) electrons. The lowest BCUT2D eigenvalue weighted by Crippen LogP contribution is -2.37. The molecule has 0 rings (SSSR count). The summed E-state index contributed by atoms with van der Waals surface area (Å²) in [6, 6.07) is 0. The monoisotopic (exact) mass is 853 g/mol. The summed E-state index contributed by atoms with van der Waals surface area (Å²) in [5.74, 6) is -1.15. The molecule has 10 nitrogen and oxygen atoms in total. The zero-order chi connectivity index (χ0) is 43.7. The molecular weight excluding hydrogens is 765 g/mol. The van der Waals surface area contributed by atoms with Crippen LogP contribution in [0.2, 0.25) is 0 Å². The summed E-state index contributed by atoms with van der Waals surface area (Å²) >= 11 is 0. The van der Waals surface area contributed by atoms with Crippen LogP contribution in [0.1, 0.15) is 187 Å². The van der Waals surface area contributed by atoms with Crippen LogP contribution in [0.25, 0.3) is 0 Å². The van der Waals surface area contributed by atoms with E-state index in [0.717, 1.165) is 38.5 Å². The second-order valence-electron chi connectivity index (χ2n) is 16.8. The first-order valence-corrected chi connectivity index (χ1v) is 24.8. The van der Waals surface area contributed by atoms with Crippen molar-refractivity contribution in [1.29, 1.82) is 0 Å². The quantitative estimate of drug-likeness (QED) is 0.0121. The lowest BCUT2D eigenvalue weighted by atomic mass is 10.0. The Morgan fingerprint density at radius 2 is 1.08 bits per heavy atom. The van der Waals surface area contributed by atoms with Crippen molar-refractivity contribution in [2.75, 3.05) is 47.5 Å². The predicted octanol–water partition coefficient (Wildman–Crippen LogP) is 12.6. The number of ketones is 1. The van der Waals surface area contributed by atoms with Crippen LogP contribution in [0, 0.1) is 0 Å². The third kappa shape index (κ3) is 43.5. The number of esters is 2. The molecule has 1 N–H and O–H groups in total. The molecule has 0 heterocycles. The van der Waals surface area contributed by atoms with Gasteiger partial charge >= 0.3 is 19.8 Å². The third-order valence-electron chi connectivity index (χ3n) is 9.84. The standard InChI is InChI=1S/C48H86NO9P/c1-6-8-10-12-14-16-18-20-21-22-23-25-27-29-31-33-35-39-48(52)58-46(44-57-59(53,54)56-42-41-49(3,4)5)43-55-47(51)40-36-38-45(50)37-34-32-30-28-26-24-19-17-15-13-11-9-7-2/h15,17,24,26,30,32,34,37,46H,6-14,16,18-23,25,27-29,31,33,35-36,38-44H2,1-5H3/p+1/b17-15-,26-24-,32-30-,37-34+/t46-/m1/s1. The summed E-state index contributed by atoms with van der Waals surface area (Å²) < 4.78 is 34.1. The molecule has 2 atom stereocenters. The lowest BCUT2D eigenvalue weighted by Gasteiger charge is -2.24. The zero-order valence-electron chi connectivity index (χ0n) is 38.2. The third-order valence-corrected chi connectivity index (χ3v) is 10.8. The van der Waals surface area contributed by atoms with Crippen LogP contribution in [0.4, 0.5) is 0 Å². The second-order valence-corrected chi connectivity index (χ2v) is 18.3. The van der Waals surface area contributed by atoms with Gasteiger partial charge < -0.3 is 18.9 Å². The predicted molar refractivity (Wildman–Crippen MR) is 243 cm³/mol. The number of allylic oxidation sites excluding steroid dienone is 8. The smallest absolute Gasteiger partial charge is 0.462 e. The van der Waals surface area contributed by atoms with Gasteiger partial charge in [-0.15, -0.1) is 0 Å². The Kier molecular flexibility index (Phi) is 38.2. The number of phosphoric acid groups is 1. The average Bonchev–Trinajstić information content (AvgIpc) is 3.18. The summed E-state index contributed by atoms with van der Waals surface area (Å²) in [4.78, 5) is 47.6. The Morgan fingerprint density at radius 1 is 0.576 bits per heavy atom. The summed E-state index contributed by atoms with van der Waals surface area (Å²) in [7, 11) is 1.35. The molecule has 0 spiro atoms. The number of ether oxygens (including phenoxy) is 2.